The number of H-pyrrole nitrogens is 1. The second-order valence-electron chi connectivity index (χ2n) is 5.56. The molecule has 0 spiro atoms. The maximum absolute atomic E-state index is 11.9. The van der Waals surface area contributed by atoms with Gasteiger partial charge < -0.3 is 9.84 Å². The van der Waals surface area contributed by atoms with Gasteiger partial charge in [0.25, 0.3) is 11.2 Å². The van der Waals surface area contributed by atoms with Crippen LogP contribution in [0.1, 0.15) is 5.56 Å². The molecule has 2 aromatic carbocycles. The molecule has 0 aliphatic rings. The van der Waals surface area contributed by atoms with Gasteiger partial charge in [0.05, 0.1) is 30.0 Å². The summed E-state index contributed by atoms with van der Waals surface area (Å²) in [5.74, 6) is -0.300. The highest BCUT2D eigenvalue weighted by Crippen LogP contribution is 2.33. The molecular formula is C18H15N5O5. The number of aromatic nitrogens is 2. The van der Waals surface area contributed by atoms with E-state index in [1.54, 1.807) is 0 Å². The zero-order chi connectivity index (χ0) is 20.1. The van der Waals surface area contributed by atoms with Gasteiger partial charge in [-0.15, -0.1) is 0 Å². The van der Waals surface area contributed by atoms with Crippen LogP contribution in [0.3, 0.4) is 0 Å². The van der Waals surface area contributed by atoms with E-state index in [-0.39, 0.29) is 34.3 Å². The number of non-ortho nitro benzene ring substituents is 1. The van der Waals surface area contributed by atoms with Gasteiger partial charge in [-0.2, -0.15) is 5.10 Å². The predicted octanol–water partition coefficient (Wildman–Crippen LogP) is 2.51. The first kappa shape index (κ1) is 18.6. The van der Waals surface area contributed by atoms with Gasteiger partial charge in [-0.25, -0.2) is 10.4 Å². The molecule has 0 bridgehead atoms. The number of benzene rings is 2. The monoisotopic (exact) mass is 381 g/mol. The highest BCUT2D eigenvalue weighted by atomic mass is 16.6. The van der Waals surface area contributed by atoms with Gasteiger partial charge in [0.15, 0.2) is 11.5 Å². The number of phenolic OH excluding ortho intramolecular Hbond substituents is 1. The molecule has 1 aromatic heterocycles. The minimum absolute atomic E-state index is 0.0557. The molecule has 3 rings (SSSR count). The third kappa shape index (κ3) is 4.12. The number of rotatable bonds is 6. The Morgan fingerprint density at radius 3 is 2.71 bits per heavy atom. The van der Waals surface area contributed by atoms with Gasteiger partial charge in [-0.3, -0.25) is 19.9 Å². The van der Waals surface area contributed by atoms with Crippen LogP contribution in [0.4, 0.5) is 11.6 Å². The van der Waals surface area contributed by atoms with E-state index in [1.807, 2.05) is 30.3 Å². The van der Waals surface area contributed by atoms with Crippen molar-refractivity contribution in [1.82, 2.24) is 9.97 Å². The van der Waals surface area contributed by atoms with Crippen LogP contribution >= 0.6 is 0 Å². The quantitative estimate of drug-likeness (QED) is 0.338. The summed E-state index contributed by atoms with van der Waals surface area (Å²) in [7, 11) is 1.28. The van der Waals surface area contributed by atoms with E-state index in [0.717, 1.165) is 23.9 Å². The van der Waals surface area contributed by atoms with Crippen LogP contribution in [0.5, 0.6) is 11.5 Å². The fourth-order valence-corrected chi connectivity index (χ4v) is 2.40. The molecule has 0 fully saturated rings. The largest absolute Gasteiger partial charge is 0.504 e. The van der Waals surface area contributed by atoms with Crippen molar-refractivity contribution in [2.75, 3.05) is 12.5 Å². The highest BCUT2D eigenvalue weighted by Gasteiger charge is 2.15. The maximum atomic E-state index is 11.9. The van der Waals surface area contributed by atoms with Gasteiger partial charge in [-0.1, -0.05) is 30.3 Å². The van der Waals surface area contributed by atoms with E-state index < -0.39 is 4.92 Å². The normalized spacial score (nSPS) is 10.8. The molecule has 10 nitrogen and oxygen atoms in total. The number of ether oxygens (including phenoxy) is 1. The number of methoxy groups -OCH3 is 1. The number of nitrogens with zero attached hydrogens (tertiary/aromatic N) is 3. The molecule has 0 saturated heterocycles. The zero-order valence-corrected chi connectivity index (χ0v) is 14.6. The van der Waals surface area contributed by atoms with E-state index in [2.05, 4.69) is 20.5 Å². The third-order valence-corrected chi connectivity index (χ3v) is 3.71. The second kappa shape index (κ2) is 7.99. The fraction of sp³-hybridized carbons (Fsp3) is 0.0556. The second-order valence-corrected chi connectivity index (χ2v) is 5.56. The number of hydrazone groups is 1. The SMILES string of the molecule is COc1cc([N+](=O)[O-])cc(/C=N\Nc2nc(-c3ccccc3)cc(=O)[nH]2)c1O. The molecule has 142 valence electrons. The van der Waals surface area contributed by atoms with Gasteiger partial charge in [0.1, 0.15) is 0 Å². The number of hydrogen-bond acceptors (Lipinski definition) is 8. The molecule has 0 atom stereocenters. The number of nitro benzene ring substituents is 1. The van der Waals surface area contributed by atoms with Crippen molar-refractivity contribution in [3.05, 3.63) is 74.6 Å². The van der Waals surface area contributed by atoms with Crippen molar-refractivity contribution < 1.29 is 14.8 Å². The Morgan fingerprint density at radius 1 is 1.29 bits per heavy atom. The van der Waals surface area contributed by atoms with E-state index in [9.17, 15) is 20.0 Å². The summed E-state index contributed by atoms with van der Waals surface area (Å²) in [6.07, 6.45) is 1.15. The first-order chi connectivity index (χ1) is 13.5. The van der Waals surface area contributed by atoms with Crippen LogP contribution in [0.2, 0.25) is 0 Å². The molecule has 28 heavy (non-hydrogen) atoms. The number of aromatic hydroxyl groups is 1. The molecule has 3 N–H and O–H groups in total. The molecule has 0 amide bonds. The number of hydrogen-bond donors (Lipinski definition) is 3. The zero-order valence-electron chi connectivity index (χ0n) is 14.6. The van der Waals surface area contributed by atoms with E-state index in [4.69, 9.17) is 4.74 Å². The lowest BCUT2D eigenvalue weighted by molar-refractivity contribution is -0.385. The van der Waals surface area contributed by atoms with Crippen molar-refractivity contribution in [2.45, 2.75) is 0 Å². The van der Waals surface area contributed by atoms with E-state index >= 15 is 0 Å². The molecule has 0 aliphatic carbocycles. The molecule has 0 unspecified atom stereocenters. The first-order valence-electron chi connectivity index (χ1n) is 7.99. The van der Waals surface area contributed by atoms with Gasteiger partial charge in [0, 0.05) is 23.3 Å². The smallest absolute Gasteiger partial charge is 0.274 e. The van der Waals surface area contributed by atoms with Crippen molar-refractivity contribution in [3.8, 4) is 22.8 Å². The van der Waals surface area contributed by atoms with Gasteiger partial charge >= 0.3 is 0 Å². The summed E-state index contributed by atoms with van der Waals surface area (Å²) in [6, 6.07) is 12.7. The summed E-state index contributed by atoms with van der Waals surface area (Å²) >= 11 is 0. The fourth-order valence-electron chi connectivity index (χ4n) is 2.40. The van der Waals surface area contributed by atoms with Crippen LogP contribution in [-0.2, 0) is 0 Å². The number of nitro groups is 1. The standard InChI is InChI=1S/C18H15N5O5/c1-28-15-8-13(23(26)27)7-12(17(15)25)10-19-22-18-20-14(9-16(24)21-18)11-5-3-2-4-6-11/h2-10,25H,1H3,(H2,20,21,22,24)/b19-10-. The van der Waals surface area contributed by atoms with Crippen molar-refractivity contribution in [3.63, 3.8) is 0 Å². The van der Waals surface area contributed by atoms with Crippen LogP contribution in [0, 0.1) is 10.1 Å². The summed E-state index contributed by atoms with van der Waals surface area (Å²) < 4.78 is 4.93. The molecule has 0 aliphatic heterocycles. The Hall–Kier alpha value is -4.21. The van der Waals surface area contributed by atoms with Crippen LogP contribution in [0.15, 0.2) is 58.4 Å². The molecular weight excluding hydrogens is 366 g/mol. The molecule has 10 heteroatoms. The van der Waals surface area contributed by atoms with E-state index in [1.165, 1.54) is 13.2 Å². The number of phenols is 1. The van der Waals surface area contributed by atoms with E-state index in [0.29, 0.717) is 5.69 Å². The average molecular weight is 381 g/mol. The average Bonchev–Trinajstić information content (AvgIpc) is 2.69. The number of anilines is 1. The lowest BCUT2D eigenvalue weighted by Crippen LogP contribution is -2.10. The van der Waals surface area contributed by atoms with Crippen molar-refractivity contribution in [1.29, 1.82) is 0 Å². The van der Waals surface area contributed by atoms with Crippen LogP contribution in [-0.4, -0.2) is 33.3 Å². The molecule has 0 saturated carbocycles. The lowest BCUT2D eigenvalue weighted by Gasteiger charge is -2.06. The third-order valence-electron chi connectivity index (χ3n) is 3.71. The molecule has 1 heterocycles. The first-order valence-corrected chi connectivity index (χ1v) is 7.99. The summed E-state index contributed by atoms with van der Waals surface area (Å²) in [5, 5.41) is 25.0. The Kier molecular flexibility index (Phi) is 5.30. The Morgan fingerprint density at radius 2 is 2.04 bits per heavy atom. The van der Waals surface area contributed by atoms with Gasteiger partial charge in [0.2, 0.25) is 5.95 Å². The lowest BCUT2D eigenvalue weighted by atomic mass is 10.1. The summed E-state index contributed by atoms with van der Waals surface area (Å²) in [6.45, 7) is 0. The summed E-state index contributed by atoms with van der Waals surface area (Å²) in [4.78, 5) is 29.0. The maximum Gasteiger partial charge on any atom is 0.274 e. The van der Waals surface area contributed by atoms with Gasteiger partial charge in [-0.05, 0) is 0 Å². The molecule has 3 aromatic rings. The topological polar surface area (TPSA) is 143 Å². The van der Waals surface area contributed by atoms with Crippen LogP contribution in [0.25, 0.3) is 11.3 Å². The Bertz CT molecular complexity index is 1100. The Labute approximate surface area is 158 Å². The summed E-state index contributed by atoms with van der Waals surface area (Å²) in [5.41, 5.74) is 3.14. The van der Waals surface area contributed by atoms with Crippen molar-refractivity contribution in [2.24, 2.45) is 5.10 Å². The molecule has 0 radical (unpaired) electrons. The minimum atomic E-state index is -0.616. The Balaban J connectivity index is 1.88. The predicted molar refractivity (Wildman–Crippen MR) is 103 cm³/mol. The number of nitrogens with one attached hydrogen (secondary N) is 2. The van der Waals surface area contributed by atoms with Crippen molar-refractivity contribution >= 4 is 17.9 Å². The van der Waals surface area contributed by atoms with Crippen LogP contribution < -0.4 is 15.7 Å². The highest BCUT2D eigenvalue weighted by molar-refractivity contribution is 5.86. The number of aromatic amines is 1. The minimum Gasteiger partial charge on any atom is -0.504 e.